The van der Waals surface area contributed by atoms with Gasteiger partial charge in [-0.2, -0.15) is 0 Å². The molecule has 0 radical (unpaired) electrons. The summed E-state index contributed by atoms with van der Waals surface area (Å²) in [4.78, 5) is 26.1. The standard InChI is InChI=1S/C11H16N4O3/c1-7-4-8(5-9(12)15-7)11(17)14-2-3-18-6-10(13)16/h4-5H,2-3,6H2,1H3,(H2,12,15)(H2,13,16)(H,14,17). The highest BCUT2D eigenvalue weighted by Gasteiger charge is 2.06. The van der Waals surface area contributed by atoms with Gasteiger partial charge in [-0.15, -0.1) is 0 Å². The van der Waals surface area contributed by atoms with E-state index in [1.165, 1.54) is 6.07 Å². The van der Waals surface area contributed by atoms with Crippen molar-refractivity contribution >= 4 is 17.6 Å². The second kappa shape index (κ2) is 6.55. The summed E-state index contributed by atoms with van der Waals surface area (Å²) in [6, 6.07) is 3.13. The minimum Gasteiger partial charge on any atom is -0.384 e. The predicted octanol–water partition coefficient (Wildman–Crippen LogP) is -0.796. The van der Waals surface area contributed by atoms with Crippen LogP contribution in [0.3, 0.4) is 0 Å². The number of anilines is 1. The fourth-order valence-electron chi connectivity index (χ4n) is 1.34. The van der Waals surface area contributed by atoms with E-state index in [1.807, 2.05) is 0 Å². The summed E-state index contributed by atoms with van der Waals surface area (Å²) in [6.45, 7) is 2.10. The number of rotatable bonds is 6. The fraction of sp³-hybridized carbons (Fsp3) is 0.364. The Hall–Kier alpha value is -2.15. The first-order valence-corrected chi connectivity index (χ1v) is 5.37. The van der Waals surface area contributed by atoms with Gasteiger partial charge in [0.25, 0.3) is 5.91 Å². The van der Waals surface area contributed by atoms with Gasteiger partial charge in [-0.3, -0.25) is 9.59 Å². The van der Waals surface area contributed by atoms with Crippen LogP contribution in [0.5, 0.6) is 0 Å². The van der Waals surface area contributed by atoms with Crippen LogP contribution in [0, 0.1) is 6.92 Å². The van der Waals surface area contributed by atoms with Crippen LogP contribution in [-0.2, 0) is 9.53 Å². The third kappa shape index (κ3) is 4.79. The molecule has 2 amide bonds. The van der Waals surface area contributed by atoms with Gasteiger partial charge in [0.15, 0.2) is 0 Å². The van der Waals surface area contributed by atoms with E-state index in [-0.39, 0.29) is 25.7 Å². The number of pyridine rings is 1. The Labute approximate surface area is 105 Å². The summed E-state index contributed by atoms with van der Waals surface area (Å²) >= 11 is 0. The molecule has 1 heterocycles. The highest BCUT2D eigenvalue weighted by molar-refractivity contribution is 5.94. The monoisotopic (exact) mass is 252 g/mol. The highest BCUT2D eigenvalue weighted by atomic mass is 16.5. The third-order valence-electron chi connectivity index (χ3n) is 2.01. The average Bonchev–Trinajstić information content (AvgIpc) is 2.26. The number of amides is 2. The molecule has 1 aromatic rings. The molecule has 1 rings (SSSR count). The molecule has 0 aliphatic rings. The number of carbonyl (C=O) groups excluding carboxylic acids is 2. The van der Waals surface area contributed by atoms with Gasteiger partial charge in [0.1, 0.15) is 12.4 Å². The van der Waals surface area contributed by atoms with Crippen LogP contribution < -0.4 is 16.8 Å². The lowest BCUT2D eigenvalue weighted by Gasteiger charge is -2.06. The first kappa shape index (κ1) is 13.9. The molecule has 0 spiro atoms. The van der Waals surface area contributed by atoms with E-state index in [4.69, 9.17) is 16.2 Å². The number of aromatic nitrogens is 1. The number of nitrogens with two attached hydrogens (primary N) is 2. The van der Waals surface area contributed by atoms with Gasteiger partial charge in [0.05, 0.1) is 6.61 Å². The molecule has 5 N–H and O–H groups in total. The van der Waals surface area contributed by atoms with E-state index in [2.05, 4.69) is 10.3 Å². The summed E-state index contributed by atoms with van der Waals surface area (Å²) < 4.78 is 4.90. The molecule has 0 fully saturated rings. The number of hydrogen-bond donors (Lipinski definition) is 3. The molecule has 0 atom stereocenters. The molecule has 7 heteroatoms. The quantitative estimate of drug-likeness (QED) is 0.573. The Morgan fingerprint density at radius 3 is 2.78 bits per heavy atom. The van der Waals surface area contributed by atoms with Gasteiger partial charge in [0.2, 0.25) is 5.91 Å². The topological polar surface area (TPSA) is 120 Å². The lowest BCUT2D eigenvalue weighted by Crippen LogP contribution is -2.29. The third-order valence-corrected chi connectivity index (χ3v) is 2.01. The van der Waals surface area contributed by atoms with Gasteiger partial charge in [-0.05, 0) is 19.1 Å². The molecule has 0 aliphatic heterocycles. The molecule has 0 unspecified atom stereocenters. The smallest absolute Gasteiger partial charge is 0.251 e. The lowest BCUT2D eigenvalue weighted by molar-refractivity contribution is -0.122. The van der Waals surface area contributed by atoms with E-state index in [0.717, 1.165) is 0 Å². The molecule has 0 aliphatic carbocycles. The van der Waals surface area contributed by atoms with E-state index in [0.29, 0.717) is 17.1 Å². The van der Waals surface area contributed by atoms with Crippen molar-refractivity contribution in [1.82, 2.24) is 10.3 Å². The van der Waals surface area contributed by atoms with Gasteiger partial charge in [-0.1, -0.05) is 0 Å². The van der Waals surface area contributed by atoms with Crippen molar-refractivity contribution in [2.75, 3.05) is 25.5 Å². The zero-order valence-electron chi connectivity index (χ0n) is 10.1. The van der Waals surface area contributed by atoms with Crippen molar-refractivity contribution in [3.8, 4) is 0 Å². The fourth-order valence-corrected chi connectivity index (χ4v) is 1.34. The summed E-state index contributed by atoms with van der Waals surface area (Å²) in [6.07, 6.45) is 0. The van der Waals surface area contributed by atoms with Gasteiger partial charge in [0, 0.05) is 17.8 Å². The van der Waals surface area contributed by atoms with E-state index in [9.17, 15) is 9.59 Å². The van der Waals surface area contributed by atoms with Crippen LogP contribution in [0.25, 0.3) is 0 Å². The second-order valence-corrected chi connectivity index (χ2v) is 3.70. The Balaban J connectivity index is 2.38. The highest BCUT2D eigenvalue weighted by Crippen LogP contribution is 2.06. The van der Waals surface area contributed by atoms with Crippen molar-refractivity contribution in [3.63, 3.8) is 0 Å². The summed E-state index contributed by atoms with van der Waals surface area (Å²) in [7, 11) is 0. The maximum absolute atomic E-state index is 11.7. The number of nitrogen functional groups attached to an aromatic ring is 1. The normalized spacial score (nSPS) is 10.1. The minimum absolute atomic E-state index is 0.156. The SMILES string of the molecule is Cc1cc(C(=O)NCCOCC(N)=O)cc(N)n1. The molecule has 0 bridgehead atoms. The number of nitrogens with one attached hydrogen (secondary N) is 1. The van der Waals surface area contributed by atoms with Gasteiger partial charge < -0.3 is 21.5 Å². The second-order valence-electron chi connectivity index (χ2n) is 3.70. The average molecular weight is 252 g/mol. The first-order chi connectivity index (χ1) is 8.49. The van der Waals surface area contributed by atoms with Crippen LogP contribution in [0.4, 0.5) is 5.82 Å². The molecule has 0 aromatic carbocycles. The van der Waals surface area contributed by atoms with E-state index in [1.54, 1.807) is 13.0 Å². The Bertz CT molecular complexity index is 428. The minimum atomic E-state index is -0.543. The number of carbonyl (C=O) groups is 2. The number of aryl methyl sites for hydroxylation is 1. The van der Waals surface area contributed by atoms with Gasteiger partial charge >= 0.3 is 0 Å². The number of primary amides is 1. The molecular weight excluding hydrogens is 236 g/mol. The van der Waals surface area contributed by atoms with E-state index < -0.39 is 5.91 Å². The zero-order chi connectivity index (χ0) is 13.5. The maximum Gasteiger partial charge on any atom is 0.251 e. The number of nitrogens with zero attached hydrogens (tertiary/aromatic N) is 1. The zero-order valence-corrected chi connectivity index (χ0v) is 10.1. The van der Waals surface area contributed by atoms with Crippen LogP contribution >= 0.6 is 0 Å². The summed E-state index contributed by atoms with van der Waals surface area (Å²) in [5, 5.41) is 2.63. The molecule has 0 saturated heterocycles. The van der Waals surface area contributed by atoms with Crippen LogP contribution in [0.2, 0.25) is 0 Å². The first-order valence-electron chi connectivity index (χ1n) is 5.37. The predicted molar refractivity (Wildman–Crippen MR) is 65.7 cm³/mol. The Morgan fingerprint density at radius 1 is 1.44 bits per heavy atom. The summed E-state index contributed by atoms with van der Waals surface area (Å²) in [5.74, 6) is -0.515. The van der Waals surface area contributed by atoms with E-state index >= 15 is 0 Å². The van der Waals surface area contributed by atoms with Crippen molar-refractivity contribution in [1.29, 1.82) is 0 Å². The molecule has 18 heavy (non-hydrogen) atoms. The molecule has 7 nitrogen and oxygen atoms in total. The molecule has 98 valence electrons. The van der Waals surface area contributed by atoms with Crippen molar-refractivity contribution in [2.45, 2.75) is 6.92 Å². The molecule has 1 aromatic heterocycles. The number of ether oxygens (including phenoxy) is 1. The summed E-state index contributed by atoms with van der Waals surface area (Å²) in [5.41, 5.74) is 11.5. The largest absolute Gasteiger partial charge is 0.384 e. The Morgan fingerprint density at radius 2 is 2.17 bits per heavy atom. The number of hydrogen-bond acceptors (Lipinski definition) is 5. The van der Waals surface area contributed by atoms with Crippen LogP contribution in [0.15, 0.2) is 12.1 Å². The van der Waals surface area contributed by atoms with Crippen molar-refractivity contribution in [3.05, 3.63) is 23.4 Å². The molecule has 0 saturated carbocycles. The lowest BCUT2D eigenvalue weighted by atomic mass is 10.2. The molecular formula is C11H16N4O3. The van der Waals surface area contributed by atoms with Crippen LogP contribution in [0.1, 0.15) is 16.1 Å². The maximum atomic E-state index is 11.7. The van der Waals surface area contributed by atoms with Gasteiger partial charge in [-0.25, -0.2) is 4.98 Å². The van der Waals surface area contributed by atoms with Crippen molar-refractivity contribution < 1.29 is 14.3 Å². The van der Waals surface area contributed by atoms with Crippen LogP contribution in [-0.4, -0.2) is 36.6 Å². The van der Waals surface area contributed by atoms with Crippen molar-refractivity contribution in [2.24, 2.45) is 5.73 Å². The Kier molecular flexibility index (Phi) is 5.06.